The molecular weight excluding hydrogens is 376 g/mol. The Labute approximate surface area is 168 Å². The molecule has 6 heteroatoms. The van der Waals surface area contributed by atoms with E-state index in [0.29, 0.717) is 40.7 Å². The molecule has 0 amide bonds. The Balaban J connectivity index is 1.75. The summed E-state index contributed by atoms with van der Waals surface area (Å²) in [5, 5.41) is 1.16. The Kier molecular flexibility index (Phi) is 5.09. The molecule has 4 rings (SSSR count). The minimum atomic E-state index is -0.0269. The van der Waals surface area contributed by atoms with Crippen molar-refractivity contribution >= 4 is 34.2 Å². The summed E-state index contributed by atoms with van der Waals surface area (Å²) in [5.74, 6) is 2.12. The summed E-state index contributed by atoms with van der Waals surface area (Å²) in [6.45, 7) is 3.33. The molecule has 0 radical (unpaired) electrons. The maximum absolute atomic E-state index is 12.8. The first-order valence-electron chi connectivity index (χ1n) is 9.32. The minimum absolute atomic E-state index is 0.0269. The van der Waals surface area contributed by atoms with Crippen LogP contribution in [-0.2, 0) is 6.54 Å². The number of methoxy groups -OCH3 is 1. The first kappa shape index (κ1) is 18.6. The smallest absolute Gasteiger partial charge is 0.261 e. The number of nitrogens with zero attached hydrogens (tertiary/aromatic N) is 2. The summed E-state index contributed by atoms with van der Waals surface area (Å²) in [6, 6.07) is 11.0. The minimum Gasteiger partial charge on any atom is -0.493 e. The van der Waals surface area contributed by atoms with Crippen LogP contribution in [0.25, 0.3) is 22.6 Å². The van der Waals surface area contributed by atoms with Gasteiger partial charge in [-0.15, -0.1) is 0 Å². The second-order valence-electron chi connectivity index (χ2n) is 6.73. The van der Waals surface area contributed by atoms with Gasteiger partial charge >= 0.3 is 0 Å². The van der Waals surface area contributed by atoms with Gasteiger partial charge in [0.1, 0.15) is 5.82 Å². The average Bonchev–Trinajstić information content (AvgIpc) is 3.09. The number of hydrogen-bond acceptors (Lipinski definition) is 4. The predicted molar refractivity (Wildman–Crippen MR) is 112 cm³/mol. The van der Waals surface area contributed by atoms with E-state index in [4.69, 9.17) is 26.1 Å². The van der Waals surface area contributed by atoms with Crippen molar-refractivity contribution in [2.45, 2.75) is 26.3 Å². The largest absolute Gasteiger partial charge is 0.493 e. The molecule has 0 atom stereocenters. The van der Waals surface area contributed by atoms with E-state index in [1.54, 1.807) is 29.9 Å². The molecule has 1 aromatic heterocycles. The number of aromatic nitrogens is 2. The summed E-state index contributed by atoms with van der Waals surface area (Å²) in [7, 11) is 1.63. The maximum Gasteiger partial charge on any atom is 0.261 e. The summed E-state index contributed by atoms with van der Waals surface area (Å²) >= 11 is 6.08. The Bertz CT molecular complexity index is 1130. The van der Waals surface area contributed by atoms with Crippen LogP contribution in [0.15, 0.2) is 41.2 Å². The van der Waals surface area contributed by atoms with Crippen LogP contribution in [-0.4, -0.2) is 23.3 Å². The Morgan fingerprint density at radius 2 is 2.07 bits per heavy atom. The number of allylic oxidation sites excluding steroid dienone is 1. The fourth-order valence-corrected chi connectivity index (χ4v) is 3.60. The van der Waals surface area contributed by atoms with Gasteiger partial charge in [0.05, 0.1) is 24.6 Å². The number of fused-ring (bicyclic) bond motifs is 2. The molecule has 0 saturated carbocycles. The lowest BCUT2D eigenvalue weighted by molar-refractivity contribution is 0.294. The van der Waals surface area contributed by atoms with Crippen molar-refractivity contribution in [3.05, 3.63) is 63.2 Å². The lowest BCUT2D eigenvalue weighted by Crippen LogP contribution is -2.20. The van der Waals surface area contributed by atoms with Crippen LogP contribution in [0.5, 0.6) is 11.5 Å². The highest BCUT2D eigenvalue weighted by atomic mass is 35.5. The molecule has 0 bridgehead atoms. The van der Waals surface area contributed by atoms with Crippen LogP contribution >= 0.6 is 11.6 Å². The number of hydrogen-bond donors (Lipinski definition) is 0. The van der Waals surface area contributed by atoms with Crippen LogP contribution in [0.2, 0.25) is 5.02 Å². The molecule has 3 aromatic rings. The zero-order valence-corrected chi connectivity index (χ0v) is 16.6. The van der Waals surface area contributed by atoms with Crippen LogP contribution in [0.4, 0.5) is 0 Å². The van der Waals surface area contributed by atoms with E-state index in [-0.39, 0.29) is 5.56 Å². The number of ether oxygens (including phenoxy) is 2. The molecule has 1 aliphatic heterocycles. The highest BCUT2D eigenvalue weighted by Gasteiger charge is 2.21. The van der Waals surface area contributed by atoms with Crippen LogP contribution in [0.3, 0.4) is 0 Å². The zero-order valence-electron chi connectivity index (χ0n) is 15.9. The molecule has 0 N–H and O–H groups in total. The second-order valence-corrected chi connectivity index (χ2v) is 7.17. The fourth-order valence-electron chi connectivity index (χ4n) is 3.43. The van der Waals surface area contributed by atoms with Crippen molar-refractivity contribution < 1.29 is 9.47 Å². The van der Waals surface area contributed by atoms with Gasteiger partial charge < -0.3 is 9.47 Å². The van der Waals surface area contributed by atoms with E-state index >= 15 is 0 Å². The van der Waals surface area contributed by atoms with Crippen LogP contribution < -0.4 is 15.0 Å². The van der Waals surface area contributed by atoms with Gasteiger partial charge in [-0.25, -0.2) is 4.98 Å². The summed E-state index contributed by atoms with van der Waals surface area (Å²) in [4.78, 5) is 17.5. The zero-order chi connectivity index (χ0) is 19.7. The molecule has 0 saturated heterocycles. The Morgan fingerprint density at radius 3 is 2.86 bits per heavy atom. The topological polar surface area (TPSA) is 53.4 Å². The van der Waals surface area contributed by atoms with Gasteiger partial charge in [-0.1, -0.05) is 24.6 Å². The van der Waals surface area contributed by atoms with E-state index in [0.717, 1.165) is 29.7 Å². The third kappa shape index (κ3) is 3.38. The second kappa shape index (κ2) is 7.68. The monoisotopic (exact) mass is 396 g/mol. The molecule has 5 nitrogen and oxygen atoms in total. The van der Waals surface area contributed by atoms with E-state index < -0.39 is 0 Å². The van der Waals surface area contributed by atoms with Crippen molar-refractivity contribution in [2.24, 2.45) is 0 Å². The predicted octanol–water partition coefficient (Wildman–Crippen LogP) is 4.79. The normalized spacial score (nSPS) is 14.5. The van der Waals surface area contributed by atoms with Gasteiger partial charge in [-0.2, -0.15) is 0 Å². The van der Waals surface area contributed by atoms with Gasteiger partial charge in [0.15, 0.2) is 11.5 Å². The molecule has 2 aromatic carbocycles. The molecular formula is C22H21ClN2O3. The molecule has 28 heavy (non-hydrogen) atoms. The van der Waals surface area contributed by atoms with Crippen LogP contribution in [0, 0.1) is 0 Å². The molecule has 0 spiro atoms. The van der Waals surface area contributed by atoms with Crippen LogP contribution in [0.1, 0.15) is 31.2 Å². The molecule has 0 unspecified atom stereocenters. The van der Waals surface area contributed by atoms with Gasteiger partial charge in [0.25, 0.3) is 5.56 Å². The quantitative estimate of drug-likeness (QED) is 0.622. The first-order valence-corrected chi connectivity index (χ1v) is 9.70. The van der Waals surface area contributed by atoms with Crippen molar-refractivity contribution in [1.82, 2.24) is 9.55 Å². The Hall–Kier alpha value is -2.79. The summed E-state index contributed by atoms with van der Waals surface area (Å²) < 4.78 is 12.9. The average molecular weight is 397 g/mol. The van der Waals surface area contributed by atoms with Gasteiger partial charge in [-0.05, 0) is 60.4 Å². The van der Waals surface area contributed by atoms with Gasteiger partial charge in [0.2, 0.25) is 0 Å². The molecule has 0 fully saturated rings. The standard InChI is InChI=1S/C22H21ClN2O3/c1-3-10-28-19-7-4-14(12-20(19)27-2)11-15-8-9-25-21(15)24-18-13-16(23)5-6-17(18)22(25)26/h4-7,11-13H,3,8-10H2,1-2H3/b15-11+. The molecule has 144 valence electrons. The first-order chi connectivity index (χ1) is 13.6. The van der Waals surface area contributed by atoms with Crippen molar-refractivity contribution in [2.75, 3.05) is 13.7 Å². The summed E-state index contributed by atoms with van der Waals surface area (Å²) in [6.07, 6.45) is 3.74. The van der Waals surface area contributed by atoms with E-state index in [9.17, 15) is 4.79 Å². The van der Waals surface area contributed by atoms with E-state index in [1.165, 1.54) is 0 Å². The number of rotatable bonds is 5. The summed E-state index contributed by atoms with van der Waals surface area (Å²) in [5.41, 5.74) is 2.59. The van der Waals surface area contributed by atoms with E-state index in [1.807, 2.05) is 24.3 Å². The molecule has 1 aliphatic rings. The van der Waals surface area contributed by atoms with Crippen molar-refractivity contribution in [3.63, 3.8) is 0 Å². The lowest BCUT2D eigenvalue weighted by atomic mass is 10.1. The number of halogens is 1. The van der Waals surface area contributed by atoms with Crippen molar-refractivity contribution in [3.8, 4) is 11.5 Å². The highest BCUT2D eigenvalue weighted by molar-refractivity contribution is 6.31. The Morgan fingerprint density at radius 1 is 1.21 bits per heavy atom. The van der Waals surface area contributed by atoms with Gasteiger partial charge in [-0.3, -0.25) is 9.36 Å². The molecule has 0 aliphatic carbocycles. The van der Waals surface area contributed by atoms with Crippen molar-refractivity contribution in [1.29, 1.82) is 0 Å². The maximum atomic E-state index is 12.8. The third-order valence-electron chi connectivity index (χ3n) is 4.80. The SMILES string of the molecule is CCCOc1ccc(/C=C2\CCn3c2nc2cc(Cl)ccc2c3=O)cc1OC. The number of benzene rings is 2. The molecule has 2 heterocycles. The highest BCUT2D eigenvalue weighted by Crippen LogP contribution is 2.32. The third-order valence-corrected chi connectivity index (χ3v) is 5.03. The fraction of sp³-hybridized carbons (Fsp3) is 0.273. The van der Waals surface area contributed by atoms with E-state index in [2.05, 4.69) is 6.92 Å². The van der Waals surface area contributed by atoms with Gasteiger partial charge in [0, 0.05) is 11.6 Å². The lowest BCUT2D eigenvalue weighted by Gasteiger charge is -2.11.